The Bertz CT molecular complexity index is 506. The fourth-order valence-electron chi connectivity index (χ4n) is 2.00. The smallest absolute Gasteiger partial charge is 0.253 e. The summed E-state index contributed by atoms with van der Waals surface area (Å²) >= 11 is 0. The Hall–Kier alpha value is -2.04. The summed E-state index contributed by atoms with van der Waals surface area (Å²) in [6.45, 7) is 8.82. The summed E-state index contributed by atoms with van der Waals surface area (Å²) in [5, 5.41) is 6.59. The Morgan fingerprint density at radius 3 is 2.35 bits per heavy atom. The van der Waals surface area contributed by atoms with Gasteiger partial charge in [-0.2, -0.15) is 0 Å². The summed E-state index contributed by atoms with van der Waals surface area (Å²) in [7, 11) is 3.51. The van der Waals surface area contributed by atoms with Crippen molar-refractivity contribution in [3.63, 3.8) is 0 Å². The van der Waals surface area contributed by atoms with E-state index in [0.29, 0.717) is 18.0 Å². The topological polar surface area (TPSA) is 56.7 Å². The highest BCUT2D eigenvalue weighted by Gasteiger charge is 2.07. The predicted octanol–water partition coefficient (Wildman–Crippen LogP) is 2.49. The van der Waals surface area contributed by atoms with E-state index < -0.39 is 0 Å². The van der Waals surface area contributed by atoms with Crippen LogP contribution in [-0.2, 0) is 6.54 Å². The Morgan fingerprint density at radius 2 is 1.83 bits per heavy atom. The van der Waals surface area contributed by atoms with E-state index in [1.165, 1.54) is 0 Å². The lowest BCUT2D eigenvalue weighted by atomic mass is 10.1. The van der Waals surface area contributed by atoms with E-state index in [1.54, 1.807) is 19.0 Å². The molecule has 0 spiro atoms. The first kappa shape index (κ1) is 19.0. The molecule has 5 heteroatoms. The van der Waals surface area contributed by atoms with Crippen LogP contribution in [0.4, 0.5) is 0 Å². The van der Waals surface area contributed by atoms with E-state index in [4.69, 9.17) is 0 Å². The molecule has 0 saturated carbocycles. The number of amides is 1. The van der Waals surface area contributed by atoms with Gasteiger partial charge >= 0.3 is 0 Å². The van der Waals surface area contributed by atoms with Gasteiger partial charge in [-0.3, -0.25) is 4.79 Å². The third-order valence-corrected chi connectivity index (χ3v) is 3.39. The van der Waals surface area contributed by atoms with Crippen molar-refractivity contribution in [3.8, 4) is 0 Å². The van der Waals surface area contributed by atoms with Gasteiger partial charge in [0, 0.05) is 32.7 Å². The number of nitrogens with zero attached hydrogens (tertiary/aromatic N) is 2. The lowest BCUT2D eigenvalue weighted by molar-refractivity contribution is 0.0827. The van der Waals surface area contributed by atoms with Crippen molar-refractivity contribution in [3.05, 3.63) is 35.4 Å². The quantitative estimate of drug-likeness (QED) is 0.600. The molecule has 0 aliphatic carbocycles. The summed E-state index contributed by atoms with van der Waals surface area (Å²) in [5.41, 5.74) is 1.78. The van der Waals surface area contributed by atoms with E-state index in [-0.39, 0.29) is 5.91 Å². The molecule has 0 unspecified atom stereocenters. The number of nitrogens with one attached hydrogen (secondary N) is 2. The molecular formula is C18H30N4O. The van der Waals surface area contributed by atoms with Gasteiger partial charge in [-0.15, -0.1) is 0 Å². The molecule has 0 aromatic heterocycles. The van der Waals surface area contributed by atoms with E-state index in [0.717, 1.165) is 31.0 Å². The van der Waals surface area contributed by atoms with Gasteiger partial charge in [0.25, 0.3) is 5.91 Å². The highest BCUT2D eigenvalue weighted by molar-refractivity contribution is 5.93. The first-order valence-electron chi connectivity index (χ1n) is 8.26. The van der Waals surface area contributed by atoms with Crippen molar-refractivity contribution in [2.45, 2.75) is 33.7 Å². The van der Waals surface area contributed by atoms with Gasteiger partial charge in [0.15, 0.2) is 5.96 Å². The molecule has 1 aromatic rings. The van der Waals surface area contributed by atoms with Gasteiger partial charge in [0.05, 0.1) is 6.54 Å². The van der Waals surface area contributed by atoms with E-state index in [1.807, 2.05) is 24.3 Å². The largest absolute Gasteiger partial charge is 0.357 e. The van der Waals surface area contributed by atoms with E-state index in [9.17, 15) is 4.79 Å². The molecule has 0 saturated heterocycles. The second kappa shape index (κ2) is 9.87. The minimum atomic E-state index is 0.0174. The van der Waals surface area contributed by atoms with Gasteiger partial charge in [-0.1, -0.05) is 26.0 Å². The van der Waals surface area contributed by atoms with Crippen molar-refractivity contribution in [2.24, 2.45) is 10.9 Å². The van der Waals surface area contributed by atoms with Crippen LogP contribution in [0, 0.1) is 5.92 Å². The zero-order chi connectivity index (χ0) is 17.2. The number of carbonyl (C=O) groups is 1. The minimum Gasteiger partial charge on any atom is -0.357 e. The van der Waals surface area contributed by atoms with Gasteiger partial charge in [-0.05, 0) is 37.0 Å². The molecule has 2 N–H and O–H groups in total. The summed E-state index contributed by atoms with van der Waals surface area (Å²) in [4.78, 5) is 18.0. The van der Waals surface area contributed by atoms with Crippen LogP contribution in [0.5, 0.6) is 0 Å². The first-order valence-corrected chi connectivity index (χ1v) is 8.26. The zero-order valence-electron chi connectivity index (χ0n) is 15.0. The van der Waals surface area contributed by atoms with Gasteiger partial charge in [-0.25, -0.2) is 4.99 Å². The molecule has 1 aromatic carbocycles. The molecule has 0 aliphatic heterocycles. The summed E-state index contributed by atoms with van der Waals surface area (Å²) < 4.78 is 0. The molecule has 0 atom stereocenters. The maximum atomic E-state index is 11.9. The third kappa shape index (κ3) is 7.17. The molecule has 0 heterocycles. The Balaban J connectivity index is 2.62. The highest BCUT2D eigenvalue weighted by Crippen LogP contribution is 2.07. The van der Waals surface area contributed by atoms with Gasteiger partial charge < -0.3 is 15.5 Å². The Morgan fingerprint density at radius 1 is 1.17 bits per heavy atom. The zero-order valence-corrected chi connectivity index (χ0v) is 15.0. The molecule has 0 aliphatic rings. The van der Waals surface area contributed by atoms with Crippen molar-refractivity contribution in [1.82, 2.24) is 15.5 Å². The van der Waals surface area contributed by atoms with Crippen LogP contribution < -0.4 is 10.6 Å². The second-order valence-electron chi connectivity index (χ2n) is 6.20. The second-order valence-corrected chi connectivity index (χ2v) is 6.20. The lowest BCUT2D eigenvalue weighted by Gasteiger charge is -2.12. The maximum Gasteiger partial charge on any atom is 0.253 e. The van der Waals surface area contributed by atoms with Crippen molar-refractivity contribution in [1.29, 1.82) is 0 Å². The van der Waals surface area contributed by atoms with Crippen molar-refractivity contribution >= 4 is 11.9 Å². The molecule has 0 bridgehead atoms. The molecule has 23 heavy (non-hydrogen) atoms. The Labute approximate surface area is 140 Å². The fourth-order valence-corrected chi connectivity index (χ4v) is 2.00. The number of benzene rings is 1. The number of carbonyl (C=O) groups excluding carboxylic acids is 1. The average Bonchev–Trinajstić information content (AvgIpc) is 2.52. The number of hydrogen-bond donors (Lipinski definition) is 2. The minimum absolute atomic E-state index is 0.0174. The predicted molar refractivity (Wildman–Crippen MR) is 96.7 cm³/mol. The standard InChI is InChI=1S/C18H30N4O/c1-6-19-18(20-12-11-14(2)3)21-13-15-7-9-16(10-8-15)17(23)22(4)5/h7-10,14H,6,11-13H2,1-5H3,(H2,19,20,21). The van der Waals surface area contributed by atoms with Gasteiger partial charge in [0.1, 0.15) is 0 Å². The lowest BCUT2D eigenvalue weighted by Crippen LogP contribution is -2.38. The molecule has 0 radical (unpaired) electrons. The number of rotatable bonds is 7. The number of hydrogen-bond acceptors (Lipinski definition) is 2. The Kier molecular flexibility index (Phi) is 8.16. The SMILES string of the molecule is CCNC(=NCc1ccc(C(=O)N(C)C)cc1)NCCC(C)C. The number of guanidine groups is 1. The highest BCUT2D eigenvalue weighted by atomic mass is 16.2. The van der Waals surface area contributed by atoms with Crippen LogP contribution in [-0.4, -0.2) is 44.0 Å². The van der Waals surface area contributed by atoms with Crippen LogP contribution in [0.2, 0.25) is 0 Å². The summed E-state index contributed by atoms with van der Waals surface area (Å²) in [6.07, 6.45) is 1.12. The van der Waals surface area contributed by atoms with Crippen LogP contribution in [0.15, 0.2) is 29.3 Å². The molecule has 0 fully saturated rings. The molecular weight excluding hydrogens is 288 g/mol. The van der Waals surface area contributed by atoms with Gasteiger partial charge in [0.2, 0.25) is 0 Å². The fraction of sp³-hybridized carbons (Fsp3) is 0.556. The van der Waals surface area contributed by atoms with Crippen LogP contribution in [0.1, 0.15) is 43.1 Å². The molecule has 5 nitrogen and oxygen atoms in total. The van der Waals surface area contributed by atoms with Crippen molar-refractivity contribution < 1.29 is 4.79 Å². The normalized spacial score (nSPS) is 11.5. The van der Waals surface area contributed by atoms with Crippen LogP contribution >= 0.6 is 0 Å². The van der Waals surface area contributed by atoms with E-state index in [2.05, 4.69) is 36.4 Å². The first-order chi connectivity index (χ1) is 10.9. The number of aliphatic imine (C=N–C) groups is 1. The third-order valence-electron chi connectivity index (χ3n) is 3.39. The average molecular weight is 318 g/mol. The summed E-state index contributed by atoms with van der Waals surface area (Å²) in [6, 6.07) is 7.62. The molecule has 1 amide bonds. The maximum absolute atomic E-state index is 11.9. The van der Waals surface area contributed by atoms with Crippen LogP contribution in [0.3, 0.4) is 0 Å². The monoisotopic (exact) mass is 318 g/mol. The molecule has 1 rings (SSSR count). The van der Waals surface area contributed by atoms with Crippen LogP contribution in [0.25, 0.3) is 0 Å². The molecule has 128 valence electrons. The van der Waals surface area contributed by atoms with Crippen molar-refractivity contribution in [2.75, 3.05) is 27.2 Å². The summed E-state index contributed by atoms with van der Waals surface area (Å²) in [5.74, 6) is 1.53. The van der Waals surface area contributed by atoms with E-state index >= 15 is 0 Å².